The van der Waals surface area contributed by atoms with E-state index in [-0.39, 0.29) is 11.1 Å². The fourth-order valence-corrected chi connectivity index (χ4v) is 1.68. The minimum absolute atomic E-state index is 0.171. The van der Waals surface area contributed by atoms with Gasteiger partial charge in [-0.15, -0.1) is 0 Å². The molecule has 0 saturated heterocycles. The number of alkyl halides is 4. The van der Waals surface area contributed by atoms with Crippen LogP contribution < -0.4 is 5.32 Å². The zero-order valence-electron chi connectivity index (χ0n) is 11.4. The summed E-state index contributed by atoms with van der Waals surface area (Å²) in [6.07, 6.45) is -3.86. The third-order valence-electron chi connectivity index (χ3n) is 2.91. The molecule has 0 aromatic heterocycles. The minimum atomic E-state index is -4.30. The molecule has 0 fully saturated rings. The molecule has 1 atom stereocenters. The summed E-state index contributed by atoms with van der Waals surface area (Å²) >= 11 is 0. The van der Waals surface area contributed by atoms with Gasteiger partial charge in [0.05, 0.1) is 12.6 Å². The minimum Gasteiger partial charge on any atom is -0.373 e. The van der Waals surface area contributed by atoms with E-state index < -0.39 is 43.2 Å². The molecule has 0 saturated carbocycles. The Balaban J connectivity index is 2.80. The van der Waals surface area contributed by atoms with Crippen molar-refractivity contribution in [3.8, 4) is 0 Å². The van der Waals surface area contributed by atoms with Crippen molar-refractivity contribution in [3.05, 3.63) is 34.9 Å². The number of likely N-dealkylation sites (N-methyl/N-ethyl adjacent to an activating group) is 1. The molecule has 21 heavy (non-hydrogen) atoms. The predicted octanol–water partition coefficient (Wildman–Crippen LogP) is 3.45. The fourth-order valence-electron chi connectivity index (χ4n) is 1.68. The van der Waals surface area contributed by atoms with Gasteiger partial charge in [-0.3, -0.25) is 0 Å². The molecule has 120 valence electrons. The zero-order chi connectivity index (χ0) is 16.2. The molecule has 1 N–H and O–H groups in total. The summed E-state index contributed by atoms with van der Waals surface area (Å²) in [5.74, 6) is -6.01. The van der Waals surface area contributed by atoms with E-state index in [0.29, 0.717) is 0 Å². The van der Waals surface area contributed by atoms with E-state index in [4.69, 9.17) is 0 Å². The molecular weight excluding hydrogens is 300 g/mol. The number of rotatable bonds is 7. The lowest BCUT2D eigenvalue weighted by Crippen LogP contribution is -2.34. The number of aryl methyl sites for hydroxylation is 1. The molecule has 0 heterocycles. The van der Waals surface area contributed by atoms with Crippen LogP contribution in [-0.2, 0) is 4.74 Å². The maximum atomic E-state index is 13.9. The molecule has 0 radical (unpaired) electrons. The first-order valence-electron chi connectivity index (χ1n) is 6.06. The van der Waals surface area contributed by atoms with Gasteiger partial charge in [0.1, 0.15) is 18.2 Å². The molecule has 0 bridgehead atoms. The van der Waals surface area contributed by atoms with Gasteiger partial charge in [0.25, 0.3) is 0 Å². The number of ether oxygens (including phenoxy) is 1. The normalized spacial score (nSPS) is 13.8. The first kappa shape index (κ1) is 17.8. The van der Waals surface area contributed by atoms with Crippen LogP contribution in [0, 0.1) is 18.6 Å². The Morgan fingerprint density at radius 3 is 2.38 bits per heavy atom. The van der Waals surface area contributed by atoms with Gasteiger partial charge in [-0.2, -0.15) is 8.78 Å². The van der Waals surface area contributed by atoms with Crippen LogP contribution in [0.25, 0.3) is 0 Å². The average Bonchev–Trinajstić information content (AvgIpc) is 2.41. The molecule has 1 aromatic rings. The second-order valence-electron chi connectivity index (χ2n) is 4.51. The van der Waals surface area contributed by atoms with Gasteiger partial charge in [-0.1, -0.05) is 6.07 Å². The van der Waals surface area contributed by atoms with E-state index in [9.17, 15) is 26.3 Å². The van der Waals surface area contributed by atoms with E-state index in [1.54, 1.807) is 0 Å². The first-order valence-corrected chi connectivity index (χ1v) is 6.06. The van der Waals surface area contributed by atoms with E-state index in [2.05, 4.69) is 10.1 Å². The van der Waals surface area contributed by atoms with Gasteiger partial charge >= 0.3 is 12.3 Å². The van der Waals surface area contributed by atoms with Gasteiger partial charge in [-0.05, 0) is 25.6 Å². The number of hydrogen-bond donors (Lipinski definition) is 1. The summed E-state index contributed by atoms with van der Waals surface area (Å²) < 4.78 is 81.3. The molecule has 0 amide bonds. The van der Waals surface area contributed by atoms with Crippen LogP contribution in [0.5, 0.6) is 0 Å². The third-order valence-corrected chi connectivity index (χ3v) is 2.91. The van der Waals surface area contributed by atoms with Crippen molar-refractivity contribution >= 4 is 0 Å². The van der Waals surface area contributed by atoms with Crippen LogP contribution in [0.3, 0.4) is 0 Å². The van der Waals surface area contributed by atoms with Crippen molar-refractivity contribution in [2.75, 3.05) is 20.3 Å². The third kappa shape index (κ3) is 4.34. The van der Waals surface area contributed by atoms with E-state index >= 15 is 0 Å². The Hall–Kier alpha value is -1.28. The number of halogens is 6. The maximum Gasteiger partial charge on any atom is 0.330 e. The van der Waals surface area contributed by atoms with Gasteiger partial charge < -0.3 is 10.1 Å². The lowest BCUT2D eigenvalue weighted by molar-refractivity contribution is -0.167. The fraction of sp³-hybridized carbons (Fsp3) is 0.538. The van der Waals surface area contributed by atoms with Gasteiger partial charge in [-0.25, -0.2) is 17.6 Å². The Kier molecular flexibility index (Phi) is 6.03. The van der Waals surface area contributed by atoms with Gasteiger partial charge in [0.15, 0.2) is 0 Å². The second-order valence-corrected chi connectivity index (χ2v) is 4.51. The molecule has 0 aliphatic carbocycles. The zero-order valence-corrected chi connectivity index (χ0v) is 11.4. The summed E-state index contributed by atoms with van der Waals surface area (Å²) in [4.78, 5) is 0. The Morgan fingerprint density at radius 2 is 1.86 bits per heavy atom. The van der Waals surface area contributed by atoms with E-state index in [0.717, 1.165) is 6.07 Å². The second kappa shape index (κ2) is 7.13. The van der Waals surface area contributed by atoms with Gasteiger partial charge in [0.2, 0.25) is 0 Å². The molecule has 2 nitrogen and oxygen atoms in total. The smallest absolute Gasteiger partial charge is 0.330 e. The topological polar surface area (TPSA) is 21.3 Å². The molecule has 1 aromatic carbocycles. The van der Waals surface area contributed by atoms with Crippen LogP contribution in [0.1, 0.15) is 17.2 Å². The molecule has 0 aliphatic rings. The Labute approximate surface area is 118 Å². The van der Waals surface area contributed by atoms with Crippen LogP contribution >= 0.6 is 0 Å². The lowest BCUT2D eigenvalue weighted by atomic mass is 10.0. The van der Waals surface area contributed by atoms with E-state index in [1.165, 1.54) is 20.0 Å². The molecule has 0 spiro atoms. The highest BCUT2D eigenvalue weighted by Gasteiger charge is 2.41. The van der Waals surface area contributed by atoms with Crippen molar-refractivity contribution in [1.29, 1.82) is 0 Å². The highest BCUT2D eigenvalue weighted by molar-refractivity contribution is 5.29. The SMILES string of the molecule is CNC(COCC(F)(F)C(F)F)c1c(F)ccc(C)c1F. The molecule has 1 unspecified atom stereocenters. The first-order chi connectivity index (χ1) is 9.70. The summed E-state index contributed by atoms with van der Waals surface area (Å²) in [6, 6.07) is 1.19. The molecular formula is C13H15F6NO. The summed E-state index contributed by atoms with van der Waals surface area (Å²) in [6.45, 7) is -0.690. The summed E-state index contributed by atoms with van der Waals surface area (Å²) in [5.41, 5.74) is -0.206. The van der Waals surface area contributed by atoms with Crippen molar-refractivity contribution in [2.24, 2.45) is 0 Å². The average molecular weight is 315 g/mol. The highest BCUT2D eigenvalue weighted by Crippen LogP contribution is 2.26. The number of hydrogen-bond acceptors (Lipinski definition) is 2. The Bertz CT molecular complexity index is 480. The maximum absolute atomic E-state index is 13.9. The van der Waals surface area contributed by atoms with Gasteiger partial charge in [0, 0.05) is 5.56 Å². The van der Waals surface area contributed by atoms with E-state index in [1.807, 2.05) is 0 Å². The van der Waals surface area contributed by atoms with Crippen LogP contribution in [0.2, 0.25) is 0 Å². The molecule has 8 heteroatoms. The van der Waals surface area contributed by atoms with Crippen molar-refractivity contribution in [3.63, 3.8) is 0 Å². The number of nitrogens with one attached hydrogen (secondary N) is 1. The Morgan fingerprint density at radius 1 is 1.24 bits per heavy atom. The summed E-state index contributed by atoms with van der Waals surface area (Å²) in [5, 5.41) is 2.51. The quantitative estimate of drug-likeness (QED) is 0.778. The van der Waals surface area contributed by atoms with Crippen molar-refractivity contribution < 1.29 is 31.1 Å². The monoisotopic (exact) mass is 315 g/mol. The standard InChI is InChI=1S/C13H15F6NO/c1-7-3-4-8(14)10(11(7)15)9(20-2)5-21-6-13(18,19)12(16)17/h3-4,9,12,20H,5-6H2,1-2H3. The van der Waals surface area contributed by atoms with Crippen LogP contribution in [-0.4, -0.2) is 32.6 Å². The predicted molar refractivity (Wildman–Crippen MR) is 64.7 cm³/mol. The molecule has 0 aliphatic heterocycles. The van der Waals surface area contributed by atoms with Crippen LogP contribution in [0.4, 0.5) is 26.3 Å². The molecule has 1 rings (SSSR count). The van der Waals surface area contributed by atoms with Crippen LogP contribution in [0.15, 0.2) is 12.1 Å². The van der Waals surface area contributed by atoms with Crippen molar-refractivity contribution in [1.82, 2.24) is 5.32 Å². The number of benzene rings is 1. The van der Waals surface area contributed by atoms with Crippen molar-refractivity contribution in [2.45, 2.75) is 25.3 Å². The largest absolute Gasteiger partial charge is 0.373 e. The summed E-state index contributed by atoms with van der Waals surface area (Å²) in [7, 11) is 1.35. The lowest BCUT2D eigenvalue weighted by Gasteiger charge is -2.21. The highest BCUT2D eigenvalue weighted by atomic mass is 19.3.